The molecule has 1 saturated heterocycles. The first-order valence-electron chi connectivity index (χ1n) is 8.31. The number of sulfonamides is 1. The van der Waals surface area contributed by atoms with Crippen molar-refractivity contribution in [2.75, 3.05) is 37.4 Å². The smallest absolute Gasteiger partial charge is 0.260 e. The van der Waals surface area contributed by atoms with Gasteiger partial charge in [0.05, 0.1) is 10.5 Å². The second-order valence-electron chi connectivity index (χ2n) is 6.36. The highest BCUT2D eigenvalue weighted by Gasteiger charge is 2.25. The van der Waals surface area contributed by atoms with Crippen LogP contribution in [-0.2, 0) is 10.0 Å². The van der Waals surface area contributed by atoms with Crippen molar-refractivity contribution >= 4 is 27.6 Å². The zero-order chi connectivity index (χ0) is 18.9. The average Bonchev–Trinajstić information content (AvgIpc) is 3.26. The van der Waals surface area contributed by atoms with Gasteiger partial charge in [-0.2, -0.15) is 4.98 Å². The van der Waals surface area contributed by atoms with Crippen molar-refractivity contribution < 1.29 is 13.2 Å². The molecule has 140 valence electrons. The Morgan fingerprint density at radius 3 is 2.54 bits per heavy atom. The first kappa shape index (κ1) is 18.3. The van der Waals surface area contributed by atoms with E-state index in [1.165, 1.54) is 26.2 Å². The second-order valence-corrected chi connectivity index (χ2v) is 8.51. The number of rotatable bonds is 5. The van der Waals surface area contributed by atoms with Gasteiger partial charge >= 0.3 is 0 Å². The molecule has 10 heteroatoms. The van der Waals surface area contributed by atoms with Crippen molar-refractivity contribution in [1.29, 1.82) is 0 Å². The number of hydrogen-bond donors (Lipinski definition) is 2. The van der Waals surface area contributed by atoms with Crippen molar-refractivity contribution in [1.82, 2.24) is 19.5 Å². The fraction of sp³-hybridized carbons (Fsp3) is 0.438. The summed E-state index contributed by atoms with van der Waals surface area (Å²) < 4.78 is 26.0. The molecule has 1 aliphatic rings. The maximum atomic E-state index is 12.8. The number of nitrogens with one attached hydrogen (secondary N) is 2. The number of anilines is 2. The molecule has 0 saturated carbocycles. The maximum absolute atomic E-state index is 12.8. The fourth-order valence-electron chi connectivity index (χ4n) is 2.87. The zero-order valence-corrected chi connectivity index (χ0v) is 15.8. The molecule has 26 heavy (non-hydrogen) atoms. The molecule has 2 aromatic rings. The van der Waals surface area contributed by atoms with Crippen LogP contribution < -0.4 is 10.2 Å². The normalized spacial score (nSPS) is 14.8. The number of benzene rings is 1. The molecule has 1 fully saturated rings. The quantitative estimate of drug-likeness (QED) is 0.809. The van der Waals surface area contributed by atoms with Gasteiger partial charge in [0.25, 0.3) is 5.91 Å². The Kier molecular flexibility index (Phi) is 4.97. The van der Waals surface area contributed by atoms with Crippen molar-refractivity contribution in [3.8, 4) is 0 Å². The summed E-state index contributed by atoms with van der Waals surface area (Å²) in [6.07, 6.45) is 2.08. The van der Waals surface area contributed by atoms with Crippen LogP contribution in [-0.4, -0.2) is 61.0 Å². The van der Waals surface area contributed by atoms with E-state index in [0.29, 0.717) is 11.5 Å². The highest BCUT2D eigenvalue weighted by Crippen LogP contribution is 2.28. The van der Waals surface area contributed by atoms with Gasteiger partial charge in [0.2, 0.25) is 16.0 Å². The summed E-state index contributed by atoms with van der Waals surface area (Å²) in [7, 11) is -0.728. The minimum atomic E-state index is -3.64. The van der Waals surface area contributed by atoms with Crippen LogP contribution >= 0.6 is 0 Å². The Morgan fingerprint density at radius 2 is 1.96 bits per heavy atom. The van der Waals surface area contributed by atoms with Gasteiger partial charge in [0.1, 0.15) is 5.82 Å². The lowest BCUT2D eigenvalue weighted by atomic mass is 10.1. The number of H-pyrrole nitrogens is 1. The third kappa shape index (κ3) is 3.56. The average molecular weight is 378 g/mol. The molecule has 0 spiro atoms. The van der Waals surface area contributed by atoms with Crippen LogP contribution in [0.2, 0.25) is 0 Å². The molecule has 0 radical (unpaired) electrons. The number of aromatic amines is 1. The Morgan fingerprint density at radius 1 is 1.27 bits per heavy atom. The number of aromatic nitrogens is 3. The second kappa shape index (κ2) is 7.04. The third-order valence-corrected chi connectivity index (χ3v) is 6.07. The molecule has 1 aliphatic heterocycles. The summed E-state index contributed by atoms with van der Waals surface area (Å²) in [5.41, 5.74) is 1.00. The van der Waals surface area contributed by atoms with E-state index in [-0.39, 0.29) is 16.4 Å². The predicted molar refractivity (Wildman–Crippen MR) is 97.8 cm³/mol. The van der Waals surface area contributed by atoms with Crippen molar-refractivity contribution in [3.63, 3.8) is 0 Å². The molecule has 2 heterocycles. The van der Waals surface area contributed by atoms with E-state index in [1.807, 2.05) is 0 Å². The van der Waals surface area contributed by atoms with E-state index in [4.69, 9.17) is 0 Å². The summed E-state index contributed by atoms with van der Waals surface area (Å²) >= 11 is 0. The molecule has 2 N–H and O–H groups in total. The van der Waals surface area contributed by atoms with Crippen LogP contribution in [0.15, 0.2) is 23.1 Å². The molecule has 9 nitrogen and oxygen atoms in total. The molecular weight excluding hydrogens is 356 g/mol. The number of hydrogen-bond acceptors (Lipinski definition) is 6. The van der Waals surface area contributed by atoms with Crippen LogP contribution in [0.25, 0.3) is 0 Å². The summed E-state index contributed by atoms with van der Waals surface area (Å²) in [6.45, 7) is 3.39. The molecule has 0 bridgehead atoms. The van der Waals surface area contributed by atoms with Gasteiger partial charge in [-0.1, -0.05) is 0 Å². The standard InChI is InChI=1S/C16H22N6O3S/c1-11-17-16(20-19-11)18-15(23)13-10-12(26(24,25)21(2)3)6-7-14(13)22-8-4-5-9-22/h6-7,10H,4-5,8-9H2,1-3H3,(H2,17,18,19,20,23). The Balaban J connectivity index is 2.01. The van der Waals surface area contributed by atoms with Crippen LogP contribution in [0.4, 0.5) is 11.6 Å². The highest BCUT2D eigenvalue weighted by molar-refractivity contribution is 7.89. The van der Waals surface area contributed by atoms with Crippen molar-refractivity contribution in [2.45, 2.75) is 24.7 Å². The first-order valence-corrected chi connectivity index (χ1v) is 9.75. The Labute approximate surface area is 152 Å². The van der Waals surface area contributed by atoms with E-state index in [1.54, 1.807) is 13.0 Å². The lowest BCUT2D eigenvalue weighted by Crippen LogP contribution is -2.25. The third-order valence-electron chi connectivity index (χ3n) is 4.26. The molecule has 0 unspecified atom stereocenters. The number of aryl methyl sites for hydroxylation is 1. The van der Waals surface area contributed by atoms with Crippen molar-refractivity contribution in [3.05, 3.63) is 29.6 Å². The van der Waals surface area contributed by atoms with Gasteiger partial charge in [-0.25, -0.2) is 12.7 Å². The summed E-state index contributed by atoms with van der Waals surface area (Å²) in [5, 5.41) is 9.18. The van der Waals surface area contributed by atoms with Gasteiger partial charge in [-0.15, -0.1) is 5.10 Å². The van der Waals surface area contributed by atoms with Gasteiger partial charge in [0, 0.05) is 32.9 Å². The topological polar surface area (TPSA) is 111 Å². The van der Waals surface area contributed by atoms with Crippen LogP contribution in [0.5, 0.6) is 0 Å². The van der Waals surface area contributed by atoms with E-state index in [2.05, 4.69) is 25.4 Å². The monoisotopic (exact) mass is 378 g/mol. The van der Waals surface area contributed by atoms with Gasteiger partial charge in [-0.05, 0) is 38.0 Å². The molecular formula is C16H22N6O3S. The number of carbonyl (C=O) groups excluding carboxylic acids is 1. The van der Waals surface area contributed by atoms with E-state index >= 15 is 0 Å². The first-order chi connectivity index (χ1) is 12.3. The summed E-state index contributed by atoms with van der Waals surface area (Å²) in [6, 6.07) is 4.65. The minimum Gasteiger partial charge on any atom is -0.371 e. The van der Waals surface area contributed by atoms with Gasteiger partial charge in [0.15, 0.2) is 0 Å². The summed E-state index contributed by atoms with van der Waals surface area (Å²) in [4.78, 5) is 19.0. The van der Waals surface area contributed by atoms with Crippen LogP contribution in [0, 0.1) is 6.92 Å². The number of nitrogens with zero attached hydrogens (tertiary/aromatic N) is 4. The zero-order valence-electron chi connectivity index (χ0n) is 15.0. The molecule has 0 atom stereocenters. The van der Waals surface area contributed by atoms with Crippen LogP contribution in [0.3, 0.4) is 0 Å². The molecule has 1 aromatic carbocycles. The molecule has 0 aliphatic carbocycles. The predicted octanol–water partition coefficient (Wildman–Crippen LogP) is 1.22. The van der Waals surface area contributed by atoms with E-state index < -0.39 is 15.9 Å². The SMILES string of the molecule is Cc1nc(NC(=O)c2cc(S(=O)(=O)N(C)C)ccc2N2CCCC2)n[nH]1. The van der Waals surface area contributed by atoms with Crippen molar-refractivity contribution in [2.24, 2.45) is 0 Å². The number of amides is 1. The van der Waals surface area contributed by atoms with Crippen LogP contribution in [0.1, 0.15) is 29.0 Å². The number of carbonyl (C=O) groups is 1. The fourth-order valence-corrected chi connectivity index (χ4v) is 3.80. The molecule has 1 aromatic heterocycles. The summed E-state index contributed by atoms with van der Waals surface area (Å²) in [5.74, 6) is 0.284. The Bertz CT molecular complexity index is 916. The van der Waals surface area contributed by atoms with E-state index in [9.17, 15) is 13.2 Å². The Hall–Kier alpha value is -2.46. The largest absolute Gasteiger partial charge is 0.371 e. The van der Waals surface area contributed by atoms with E-state index in [0.717, 1.165) is 30.2 Å². The lowest BCUT2D eigenvalue weighted by Gasteiger charge is -2.22. The van der Waals surface area contributed by atoms with Gasteiger partial charge in [-0.3, -0.25) is 15.2 Å². The maximum Gasteiger partial charge on any atom is 0.260 e. The molecule has 1 amide bonds. The van der Waals surface area contributed by atoms with Gasteiger partial charge < -0.3 is 4.90 Å². The highest BCUT2D eigenvalue weighted by atomic mass is 32.2. The minimum absolute atomic E-state index is 0.0711. The lowest BCUT2D eigenvalue weighted by molar-refractivity contribution is 0.102. The molecule has 3 rings (SSSR count).